The minimum absolute atomic E-state index is 0. The SMILES string of the molecule is CCNC(=NCc1ccc(C(=O)N(C)C)cc1)NCCCC1CC1.I. The van der Waals surface area contributed by atoms with Gasteiger partial charge in [-0.25, -0.2) is 4.99 Å². The summed E-state index contributed by atoms with van der Waals surface area (Å²) in [6, 6.07) is 7.67. The Kier molecular flexibility index (Phi) is 9.85. The van der Waals surface area contributed by atoms with Gasteiger partial charge in [-0.15, -0.1) is 24.0 Å². The third kappa shape index (κ3) is 8.07. The molecule has 0 heterocycles. The summed E-state index contributed by atoms with van der Waals surface area (Å²) < 4.78 is 0. The summed E-state index contributed by atoms with van der Waals surface area (Å²) in [5.74, 6) is 1.87. The van der Waals surface area contributed by atoms with Crippen LogP contribution < -0.4 is 10.6 Å². The summed E-state index contributed by atoms with van der Waals surface area (Å²) in [6.45, 7) is 4.50. The summed E-state index contributed by atoms with van der Waals surface area (Å²) in [6.07, 6.45) is 5.37. The molecule has 1 saturated carbocycles. The van der Waals surface area contributed by atoms with Crippen LogP contribution in [0.25, 0.3) is 0 Å². The Bertz CT molecular complexity index is 553. The van der Waals surface area contributed by atoms with Crippen LogP contribution in [0.3, 0.4) is 0 Å². The average Bonchev–Trinajstić information content (AvgIpc) is 3.40. The minimum Gasteiger partial charge on any atom is -0.357 e. The van der Waals surface area contributed by atoms with Crippen LogP contribution in [0.1, 0.15) is 48.5 Å². The van der Waals surface area contributed by atoms with Crippen LogP contribution in [0.4, 0.5) is 0 Å². The largest absolute Gasteiger partial charge is 0.357 e. The number of amides is 1. The van der Waals surface area contributed by atoms with Crippen LogP contribution >= 0.6 is 24.0 Å². The zero-order valence-corrected chi connectivity index (χ0v) is 17.9. The Hall–Kier alpha value is -1.31. The molecule has 2 rings (SSSR count). The second-order valence-corrected chi connectivity index (χ2v) is 6.60. The molecule has 1 fully saturated rings. The van der Waals surface area contributed by atoms with Crippen molar-refractivity contribution in [2.45, 2.75) is 39.2 Å². The quantitative estimate of drug-likeness (QED) is 0.272. The number of carbonyl (C=O) groups excluding carboxylic acids is 1. The molecule has 0 radical (unpaired) electrons. The predicted octanol–water partition coefficient (Wildman–Crippen LogP) is 3.25. The fourth-order valence-electron chi connectivity index (χ4n) is 2.53. The number of hydrogen-bond donors (Lipinski definition) is 2. The van der Waals surface area contributed by atoms with E-state index in [-0.39, 0.29) is 29.9 Å². The lowest BCUT2D eigenvalue weighted by Crippen LogP contribution is -2.37. The molecule has 0 aliphatic heterocycles. The van der Waals surface area contributed by atoms with Crippen LogP contribution in [0.15, 0.2) is 29.3 Å². The first-order valence-corrected chi connectivity index (χ1v) is 8.93. The van der Waals surface area contributed by atoms with Crippen LogP contribution in [0.2, 0.25) is 0 Å². The normalized spacial score (nSPS) is 13.8. The Labute approximate surface area is 168 Å². The highest BCUT2D eigenvalue weighted by Gasteiger charge is 2.19. The van der Waals surface area contributed by atoms with Gasteiger partial charge < -0.3 is 15.5 Å². The molecule has 1 aliphatic carbocycles. The second kappa shape index (κ2) is 11.3. The number of halogens is 1. The molecular weight excluding hydrogens is 427 g/mol. The van der Waals surface area contributed by atoms with Crippen molar-refractivity contribution >= 4 is 35.8 Å². The second-order valence-electron chi connectivity index (χ2n) is 6.60. The van der Waals surface area contributed by atoms with Crippen molar-refractivity contribution in [2.75, 3.05) is 27.2 Å². The van der Waals surface area contributed by atoms with Gasteiger partial charge in [-0.1, -0.05) is 25.0 Å². The van der Waals surface area contributed by atoms with Gasteiger partial charge in [0, 0.05) is 32.7 Å². The van der Waals surface area contributed by atoms with Crippen molar-refractivity contribution in [3.63, 3.8) is 0 Å². The number of aliphatic imine (C=N–C) groups is 1. The number of hydrogen-bond acceptors (Lipinski definition) is 2. The van der Waals surface area contributed by atoms with E-state index in [4.69, 9.17) is 0 Å². The first-order valence-electron chi connectivity index (χ1n) is 8.93. The van der Waals surface area contributed by atoms with Gasteiger partial charge >= 0.3 is 0 Å². The molecule has 0 saturated heterocycles. The lowest BCUT2D eigenvalue weighted by atomic mass is 10.1. The Balaban J connectivity index is 0.00000312. The van der Waals surface area contributed by atoms with Crippen LogP contribution in [0, 0.1) is 5.92 Å². The maximum atomic E-state index is 11.9. The summed E-state index contributed by atoms with van der Waals surface area (Å²) in [4.78, 5) is 18.1. The predicted molar refractivity (Wildman–Crippen MR) is 115 cm³/mol. The van der Waals surface area contributed by atoms with Crippen molar-refractivity contribution in [3.8, 4) is 0 Å². The maximum Gasteiger partial charge on any atom is 0.253 e. The fraction of sp³-hybridized carbons (Fsp3) is 0.579. The van der Waals surface area contributed by atoms with E-state index in [0.29, 0.717) is 12.1 Å². The third-order valence-electron chi connectivity index (χ3n) is 4.15. The van der Waals surface area contributed by atoms with Crippen LogP contribution in [-0.4, -0.2) is 44.0 Å². The monoisotopic (exact) mass is 458 g/mol. The Morgan fingerprint density at radius 3 is 2.44 bits per heavy atom. The van der Waals surface area contributed by atoms with Crippen molar-refractivity contribution < 1.29 is 4.79 Å². The summed E-state index contributed by atoms with van der Waals surface area (Å²) in [7, 11) is 3.52. The molecule has 0 atom stereocenters. The van der Waals surface area contributed by atoms with E-state index in [9.17, 15) is 4.79 Å². The number of carbonyl (C=O) groups is 1. The van der Waals surface area contributed by atoms with Gasteiger partial charge in [-0.05, 0) is 43.4 Å². The topological polar surface area (TPSA) is 56.7 Å². The molecule has 0 bridgehead atoms. The van der Waals surface area contributed by atoms with Gasteiger partial charge in [-0.2, -0.15) is 0 Å². The standard InChI is InChI=1S/C19H30N4O.HI/c1-4-20-19(21-13-5-6-15-7-8-15)22-14-16-9-11-17(12-10-16)18(24)23(2)3;/h9-12,15H,4-8,13-14H2,1-3H3,(H2,20,21,22);1H. The van der Waals surface area contributed by atoms with E-state index in [2.05, 4.69) is 22.5 Å². The average molecular weight is 458 g/mol. The highest BCUT2D eigenvalue weighted by atomic mass is 127. The summed E-state index contributed by atoms with van der Waals surface area (Å²) in [5, 5.41) is 6.68. The van der Waals surface area contributed by atoms with Gasteiger partial charge in [0.1, 0.15) is 0 Å². The third-order valence-corrected chi connectivity index (χ3v) is 4.15. The number of benzene rings is 1. The van der Waals surface area contributed by atoms with E-state index in [0.717, 1.165) is 30.5 Å². The zero-order valence-electron chi connectivity index (χ0n) is 15.5. The van der Waals surface area contributed by atoms with Gasteiger partial charge in [0.2, 0.25) is 0 Å². The molecule has 1 aromatic rings. The molecule has 5 nitrogen and oxygen atoms in total. The molecule has 0 unspecified atom stereocenters. The highest BCUT2D eigenvalue weighted by Crippen LogP contribution is 2.33. The number of nitrogens with zero attached hydrogens (tertiary/aromatic N) is 2. The Morgan fingerprint density at radius 2 is 1.88 bits per heavy atom. The number of nitrogens with one attached hydrogen (secondary N) is 2. The summed E-state index contributed by atoms with van der Waals surface area (Å²) in [5.41, 5.74) is 1.80. The zero-order chi connectivity index (χ0) is 17.4. The van der Waals surface area contributed by atoms with Gasteiger partial charge in [0.15, 0.2) is 5.96 Å². The molecule has 6 heteroatoms. The van der Waals surface area contributed by atoms with Crippen LogP contribution in [-0.2, 0) is 6.54 Å². The lowest BCUT2D eigenvalue weighted by Gasteiger charge is -2.12. The summed E-state index contributed by atoms with van der Waals surface area (Å²) >= 11 is 0. The number of guanidine groups is 1. The van der Waals surface area contributed by atoms with E-state index >= 15 is 0 Å². The van der Waals surface area contributed by atoms with Gasteiger partial charge in [0.25, 0.3) is 5.91 Å². The van der Waals surface area contributed by atoms with Crippen molar-refractivity contribution in [1.29, 1.82) is 0 Å². The molecule has 25 heavy (non-hydrogen) atoms. The van der Waals surface area contributed by atoms with Gasteiger partial charge in [0.05, 0.1) is 6.54 Å². The smallest absolute Gasteiger partial charge is 0.253 e. The molecule has 140 valence electrons. The van der Waals surface area contributed by atoms with Crippen molar-refractivity contribution in [1.82, 2.24) is 15.5 Å². The molecule has 1 aromatic carbocycles. The van der Waals surface area contributed by atoms with E-state index in [1.165, 1.54) is 25.7 Å². The van der Waals surface area contributed by atoms with E-state index in [1.807, 2.05) is 24.3 Å². The molecule has 1 amide bonds. The van der Waals surface area contributed by atoms with Crippen molar-refractivity contribution in [3.05, 3.63) is 35.4 Å². The van der Waals surface area contributed by atoms with Crippen molar-refractivity contribution in [2.24, 2.45) is 10.9 Å². The highest BCUT2D eigenvalue weighted by molar-refractivity contribution is 14.0. The fourth-order valence-corrected chi connectivity index (χ4v) is 2.53. The first kappa shape index (κ1) is 21.7. The maximum absolute atomic E-state index is 11.9. The first-order chi connectivity index (χ1) is 11.6. The molecule has 2 N–H and O–H groups in total. The number of rotatable bonds is 8. The minimum atomic E-state index is 0. The molecular formula is C19H31IN4O. The van der Waals surface area contributed by atoms with E-state index in [1.54, 1.807) is 19.0 Å². The molecule has 1 aliphatic rings. The van der Waals surface area contributed by atoms with Crippen LogP contribution in [0.5, 0.6) is 0 Å². The Morgan fingerprint density at radius 1 is 1.20 bits per heavy atom. The van der Waals surface area contributed by atoms with E-state index < -0.39 is 0 Å². The molecule has 0 aromatic heterocycles. The van der Waals surface area contributed by atoms with Gasteiger partial charge in [-0.3, -0.25) is 4.79 Å². The molecule has 0 spiro atoms. The lowest BCUT2D eigenvalue weighted by molar-refractivity contribution is 0.0827.